The molecular weight excluding hydrogens is 312 g/mol. The molecule has 2 rings (SSSR count). The zero-order valence-corrected chi connectivity index (χ0v) is 15.0. The minimum absolute atomic E-state index is 0.108. The van der Waals surface area contributed by atoms with Crippen LogP contribution in [0.3, 0.4) is 0 Å². The minimum atomic E-state index is -0.589. The fraction of sp³-hybridized carbons (Fsp3) is 0.611. The Labute approximate surface area is 144 Å². The van der Waals surface area contributed by atoms with E-state index in [1.165, 1.54) is 0 Å². The first-order valence-electron chi connectivity index (χ1n) is 8.31. The molecule has 1 aliphatic rings. The van der Waals surface area contributed by atoms with Crippen LogP contribution < -0.4 is 0 Å². The number of hydrogen-bond acceptors (Lipinski definition) is 3. The van der Waals surface area contributed by atoms with E-state index in [0.29, 0.717) is 11.6 Å². The molecule has 4 nitrogen and oxygen atoms in total. The van der Waals surface area contributed by atoms with E-state index in [4.69, 9.17) is 11.6 Å². The van der Waals surface area contributed by atoms with Crippen molar-refractivity contribution in [2.75, 3.05) is 26.7 Å². The smallest absolute Gasteiger partial charge is 0.225 e. The van der Waals surface area contributed by atoms with Crippen molar-refractivity contribution >= 4 is 17.5 Å². The van der Waals surface area contributed by atoms with Gasteiger partial charge in [0.1, 0.15) is 0 Å². The van der Waals surface area contributed by atoms with Crippen LogP contribution in [0, 0.1) is 5.92 Å². The van der Waals surface area contributed by atoms with Crippen molar-refractivity contribution in [3.8, 4) is 0 Å². The molecule has 1 unspecified atom stereocenters. The van der Waals surface area contributed by atoms with Gasteiger partial charge in [0.05, 0.1) is 6.10 Å². The monoisotopic (exact) mass is 338 g/mol. The molecule has 128 valence electrons. The standard InChI is InChI=1S/C18H27ClN2O2/c1-13(2)20(3)18(23)14-8-10-21(11-9-14)12-17(22)15-6-4-5-7-16(15)19/h4-7,13-14,17,22H,8-12H2,1-3H3. The molecule has 0 aliphatic carbocycles. The average molecular weight is 339 g/mol. The van der Waals surface area contributed by atoms with Crippen molar-refractivity contribution in [3.05, 3.63) is 34.9 Å². The SMILES string of the molecule is CC(C)N(C)C(=O)C1CCN(CC(O)c2ccccc2Cl)CC1. The van der Waals surface area contributed by atoms with Crippen LogP contribution in [-0.4, -0.2) is 53.5 Å². The second-order valence-electron chi connectivity index (χ2n) is 6.66. The van der Waals surface area contributed by atoms with Gasteiger partial charge in [-0.15, -0.1) is 0 Å². The number of nitrogens with zero attached hydrogens (tertiary/aromatic N) is 2. The predicted molar refractivity (Wildman–Crippen MR) is 93.5 cm³/mol. The molecule has 1 aliphatic heterocycles. The van der Waals surface area contributed by atoms with Crippen LogP contribution >= 0.6 is 11.6 Å². The Morgan fingerprint density at radius 2 is 1.96 bits per heavy atom. The molecule has 1 aromatic carbocycles. The lowest BCUT2D eigenvalue weighted by Crippen LogP contribution is -2.44. The topological polar surface area (TPSA) is 43.8 Å². The van der Waals surface area contributed by atoms with E-state index in [1.807, 2.05) is 44.0 Å². The lowest BCUT2D eigenvalue weighted by atomic mass is 9.94. The van der Waals surface area contributed by atoms with Gasteiger partial charge < -0.3 is 14.9 Å². The number of aliphatic hydroxyl groups is 1. The molecule has 5 heteroatoms. The lowest BCUT2D eigenvalue weighted by molar-refractivity contribution is -0.137. The van der Waals surface area contributed by atoms with Gasteiger partial charge in [0.25, 0.3) is 0 Å². The van der Waals surface area contributed by atoms with Crippen molar-refractivity contribution < 1.29 is 9.90 Å². The summed E-state index contributed by atoms with van der Waals surface area (Å²) in [5, 5.41) is 11.0. The first-order chi connectivity index (χ1) is 10.9. The van der Waals surface area contributed by atoms with Crippen LogP contribution in [0.5, 0.6) is 0 Å². The normalized spacial score (nSPS) is 18.2. The van der Waals surface area contributed by atoms with Crippen molar-refractivity contribution in [1.29, 1.82) is 0 Å². The molecule has 1 fully saturated rings. The van der Waals surface area contributed by atoms with Crippen molar-refractivity contribution in [3.63, 3.8) is 0 Å². The Hall–Kier alpha value is -1.10. The molecule has 0 aromatic heterocycles. The molecule has 23 heavy (non-hydrogen) atoms. The Morgan fingerprint density at radius 3 is 2.52 bits per heavy atom. The molecule has 0 saturated carbocycles. The number of benzene rings is 1. The van der Waals surface area contributed by atoms with Gasteiger partial charge in [-0.25, -0.2) is 0 Å². The second kappa shape index (κ2) is 8.13. The zero-order chi connectivity index (χ0) is 17.0. The summed E-state index contributed by atoms with van der Waals surface area (Å²) < 4.78 is 0. The highest BCUT2D eigenvalue weighted by atomic mass is 35.5. The Kier molecular flexibility index (Phi) is 6.45. The van der Waals surface area contributed by atoms with Crippen LogP contribution in [0.4, 0.5) is 0 Å². The molecule has 0 bridgehead atoms. The van der Waals surface area contributed by atoms with Gasteiger partial charge in [0.2, 0.25) is 5.91 Å². The molecule has 1 saturated heterocycles. The van der Waals surface area contributed by atoms with E-state index in [2.05, 4.69) is 4.90 Å². The maximum atomic E-state index is 12.4. The third-order valence-corrected chi connectivity index (χ3v) is 5.10. The Morgan fingerprint density at radius 1 is 1.35 bits per heavy atom. The highest BCUT2D eigenvalue weighted by Crippen LogP contribution is 2.26. The summed E-state index contributed by atoms with van der Waals surface area (Å²) in [6.45, 7) is 6.30. The van der Waals surface area contributed by atoms with Crippen LogP contribution in [0.1, 0.15) is 38.4 Å². The number of aliphatic hydroxyl groups excluding tert-OH is 1. The van der Waals surface area contributed by atoms with Gasteiger partial charge in [0, 0.05) is 36.1 Å². The molecule has 1 heterocycles. The van der Waals surface area contributed by atoms with Gasteiger partial charge in [-0.2, -0.15) is 0 Å². The van der Waals surface area contributed by atoms with Gasteiger partial charge in [0.15, 0.2) is 0 Å². The quantitative estimate of drug-likeness (QED) is 0.897. The van der Waals surface area contributed by atoms with Crippen LogP contribution in [0.2, 0.25) is 5.02 Å². The van der Waals surface area contributed by atoms with E-state index in [-0.39, 0.29) is 17.9 Å². The van der Waals surface area contributed by atoms with Gasteiger partial charge >= 0.3 is 0 Å². The number of halogens is 1. The molecule has 1 aromatic rings. The van der Waals surface area contributed by atoms with Crippen LogP contribution in [0.25, 0.3) is 0 Å². The van der Waals surface area contributed by atoms with E-state index in [9.17, 15) is 9.90 Å². The minimum Gasteiger partial charge on any atom is -0.387 e. The fourth-order valence-corrected chi connectivity index (χ4v) is 3.25. The summed E-state index contributed by atoms with van der Waals surface area (Å²) in [5.74, 6) is 0.349. The highest BCUT2D eigenvalue weighted by molar-refractivity contribution is 6.31. The van der Waals surface area contributed by atoms with E-state index in [0.717, 1.165) is 31.5 Å². The molecule has 1 atom stereocenters. The van der Waals surface area contributed by atoms with Gasteiger partial charge in [-0.3, -0.25) is 4.79 Å². The number of likely N-dealkylation sites (tertiary alicyclic amines) is 1. The number of carbonyl (C=O) groups is 1. The van der Waals surface area contributed by atoms with Gasteiger partial charge in [-0.05, 0) is 45.8 Å². The molecule has 1 amide bonds. The van der Waals surface area contributed by atoms with Crippen molar-refractivity contribution in [2.45, 2.75) is 38.8 Å². The number of β-amino-alcohol motifs (C(OH)–C–C–N with tert-alkyl or cyclic N) is 1. The van der Waals surface area contributed by atoms with Crippen LogP contribution in [0.15, 0.2) is 24.3 Å². The average Bonchev–Trinajstić information content (AvgIpc) is 2.54. The number of amides is 1. The number of carbonyl (C=O) groups excluding carboxylic acids is 1. The summed E-state index contributed by atoms with van der Waals surface area (Å²) >= 11 is 6.14. The summed E-state index contributed by atoms with van der Waals surface area (Å²) in [7, 11) is 1.88. The molecule has 0 radical (unpaired) electrons. The number of piperidine rings is 1. The largest absolute Gasteiger partial charge is 0.387 e. The van der Waals surface area contributed by atoms with E-state index in [1.54, 1.807) is 6.07 Å². The summed E-state index contributed by atoms with van der Waals surface area (Å²) in [6.07, 6.45) is 1.12. The van der Waals surface area contributed by atoms with E-state index >= 15 is 0 Å². The zero-order valence-electron chi connectivity index (χ0n) is 14.2. The van der Waals surface area contributed by atoms with Gasteiger partial charge in [-0.1, -0.05) is 29.8 Å². The lowest BCUT2D eigenvalue weighted by Gasteiger charge is -2.35. The summed E-state index contributed by atoms with van der Waals surface area (Å²) in [5.41, 5.74) is 0.770. The third-order valence-electron chi connectivity index (χ3n) is 4.75. The van der Waals surface area contributed by atoms with Crippen molar-refractivity contribution in [1.82, 2.24) is 9.80 Å². The first-order valence-corrected chi connectivity index (χ1v) is 8.69. The maximum Gasteiger partial charge on any atom is 0.225 e. The first kappa shape index (κ1) is 18.2. The highest BCUT2D eigenvalue weighted by Gasteiger charge is 2.29. The van der Waals surface area contributed by atoms with E-state index < -0.39 is 6.10 Å². The maximum absolute atomic E-state index is 12.4. The molecule has 1 N–H and O–H groups in total. The summed E-state index contributed by atoms with van der Waals surface area (Å²) in [6, 6.07) is 7.65. The third kappa shape index (κ3) is 4.69. The van der Waals surface area contributed by atoms with Crippen molar-refractivity contribution in [2.24, 2.45) is 5.92 Å². The second-order valence-corrected chi connectivity index (χ2v) is 7.06. The molecular formula is C18H27ClN2O2. The number of hydrogen-bond donors (Lipinski definition) is 1. The Balaban J connectivity index is 1.85. The van der Waals surface area contributed by atoms with Crippen LogP contribution in [-0.2, 0) is 4.79 Å². The fourth-order valence-electron chi connectivity index (χ4n) is 2.99. The molecule has 0 spiro atoms. The predicted octanol–water partition coefficient (Wildman–Crippen LogP) is 2.95. The summed E-state index contributed by atoms with van der Waals surface area (Å²) in [4.78, 5) is 16.4. The number of rotatable bonds is 5. The Bertz CT molecular complexity index is 528.